The number of nitrogens with one attached hydrogen (secondary N) is 1. The van der Waals surface area contributed by atoms with E-state index in [1.807, 2.05) is 12.1 Å². The van der Waals surface area contributed by atoms with Crippen LogP contribution >= 0.6 is 0 Å². The van der Waals surface area contributed by atoms with Gasteiger partial charge in [0.05, 0.1) is 6.61 Å². The van der Waals surface area contributed by atoms with Gasteiger partial charge in [-0.05, 0) is 24.4 Å². The van der Waals surface area contributed by atoms with E-state index in [1.54, 1.807) is 7.11 Å². The summed E-state index contributed by atoms with van der Waals surface area (Å²) in [5.41, 5.74) is 1.51. The fourth-order valence-electron chi connectivity index (χ4n) is 2.29. The Morgan fingerprint density at radius 3 is 2.45 bits per heavy atom. The van der Waals surface area contributed by atoms with Crippen molar-refractivity contribution < 1.29 is 9.47 Å². The molecule has 0 bridgehead atoms. The van der Waals surface area contributed by atoms with Crippen molar-refractivity contribution in [1.29, 1.82) is 0 Å². The van der Waals surface area contributed by atoms with Crippen LogP contribution in [0.5, 0.6) is 5.75 Å². The molecule has 1 aromatic rings. The lowest BCUT2D eigenvalue weighted by Gasteiger charge is -2.28. The van der Waals surface area contributed by atoms with E-state index in [4.69, 9.17) is 9.47 Å². The molecule has 0 radical (unpaired) electrons. The molecule has 0 aromatic heterocycles. The Morgan fingerprint density at radius 2 is 1.85 bits per heavy atom. The van der Waals surface area contributed by atoms with Gasteiger partial charge in [-0.1, -0.05) is 45.9 Å². The molecule has 0 heterocycles. The summed E-state index contributed by atoms with van der Waals surface area (Å²) in [4.78, 5) is 0. The van der Waals surface area contributed by atoms with Gasteiger partial charge in [-0.25, -0.2) is 0 Å². The van der Waals surface area contributed by atoms with Gasteiger partial charge < -0.3 is 14.8 Å². The summed E-state index contributed by atoms with van der Waals surface area (Å²) in [7, 11) is 1.69. The van der Waals surface area contributed by atoms with E-state index in [9.17, 15) is 0 Å². The Morgan fingerprint density at radius 1 is 1.15 bits per heavy atom. The zero-order chi connectivity index (χ0) is 15.0. The number of ether oxygens (including phenoxy) is 2. The van der Waals surface area contributed by atoms with Crippen LogP contribution in [-0.4, -0.2) is 26.9 Å². The van der Waals surface area contributed by atoms with E-state index in [0.717, 1.165) is 18.7 Å². The first-order chi connectivity index (χ1) is 9.48. The molecule has 1 N–H and O–H groups in total. The summed E-state index contributed by atoms with van der Waals surface area (Å²) in [5, 5.41) is 3.58. The first-order valence-corrected chi connectivity index (χ1v) is 7.42. The van der Waals surface area contributed by atoms with E-state index >= 15 is 0 Å². The van der Waals surface area contributed by atoms with Crippen molar-refractivity contribution in [3.63, 3.8) is 0 Å². The van der Waals surface area contributed by atoms with Crippen LogP contribution in [0.25, 0.3) is 0 Å². The molecule has 1 rings (SSSR count). The molecule has 0 amide bonds. The molecular formula is C17H29NO2. The van der Waals surface area contributed by atoms with E-state index in [2.05, 4.69) is 45.1 Å². The van der Waals surface area contributed by atoms with Gasteiger partial charge >= 0.3 is 0 Å². The lowest BCUT2D eigenvalue weighted by molar-refractivity contribution is 0.145. The molecular weight excluding hydrogens is 250 g/mol. The fraction of sp³-hybridized carbons (Fsp3) is 0.647. The number of para-hydroxylation sites is 1. The topological polar surface area (TPSA) is 30.5 Å². The Bertz CT molecular complexity index is 385. The molecule has 3 nitrogen and oxygen atoms in total. The zero-order valence-electron chi connectivity index (χ0n) is 13.5. The van der Waals surface area contributed by atoms with Gasteiger partial charge in [-0.2, -0.15) is 0 Å². The van der Waals surface area contributed by atoms with Crippen molar-refractivity contribution in [2.45, 2.75) is 40.2 Å². The second-order valence-electron chi connectivity index (χ2n) is 6.25. The van der Waals surface area contributed by atoms with Crippen molar-refractivity contribution in [3.8, 4) is 5.75 Å². The SMILES string of the molecule is CCNC(CC(C)(C)C)c1ccccc1OCCOC. The lowest BCUT2D eigenvalue weighted by atomic mass is 9.85. The monoisotopic (exact) mass is 279 g/mol. The minimum atomic E-state index is 0.270. The summed E-state index contributed by atoms with van der Waals surface area (Å²) < 4.78 is 10.9. The van der Waals surface area contributed by atoms with E-state index in [0.29, 0.717) is 19.3 Å². The number of rotatable bonds is 8. The number of hydrogen-bond donors (Lipinski definition) is 1. The highest BCUT2D eigenvalue weighted by molar-refractivity contribution is 5.36. The number of methoxy groups -OCH3 is 1. The molecule has 1 atom stereocenters. The van der Waals surface area contributed by atoms with Gasteiger partial charge in [0.1, 0.15) is 12.4 Å². The van der Waals surface area contributed by atoms with Crippen LogP contribution in [0.15, 0.2) is 24.3 Å². The van der Waals surface area contributed by atoms with Gasteiger partial charge in [0.25, 0.3) is 0 Å². The van der Waals surface area contributed by atoms with Gasteiger partial charge in [0, 0.05) is 18.7 Å². The van der Waals surface area contributed by atoms with E-state index in [-0.39, 0.29) is 5.41 Å². The largest absolute Gasteiger partial charge is 0.491 e. The molecule has 1 aromatic carbocycles. The molecule has 0 saturated carbocycles. The minimum Gasteiger partial charge on any atom is -0.491 e. The predicted molar refractivity (Wildman–Crippen MR) is 84.3 cm³/mol. The molecule has 0 saturated heterocycles. The second kappa shape index (κ2) is 8.28. The highest BCUT2D eigenvalue weighted by Crippen LogP contribution is 2.33. The second-order valence-corrected chi connectivity index (χ2v) is 6.25. The third-order valence-corrected chi connectivity index (χ3v) is 3.11. The maximum Gasteiger partial charge on any atom is 0.124 e. The van der Waals surface area contributed by atoms with Crippen LogP contribution in [0.2, 0.25) is 0 Å². The molecule has 114 valence electrons. The van der Waals surface area contributed by atoms with Crippen LogP contribution in [0.1, 0.15) is 45.7 Å². The first-order valence-electron chi connectivity index (χ1n) is 7.42. The summed E-state index contributed by atoms with van der Waals surface area (Å²) in [6, 6.07) is 8.61. The molecule has 1 unspecified atom stereocenters. The summed E-state index contributed by atoms with van der Waals surface area (Å²) in [5.74, 6) is 0.958. The van der Waals surface area contributed by atoms with Crippen molar-refractivity contribution in [2.75, 3.05) is 26.9 Å². The zero-order valence-corrected chi connectivity index (χ0v) is 13.5. The third kappa shape index (κ3) is 5.93. The Balaban J connectivity index is 2.88. The minimum absolute atomic E-state index is 0.270. The Kier molecular flexibility index (Phi) is 7.03. The van der Waals surface area contributed by atoms with Gasteiger partial charge in [-0.3, -0.25) is 0 Å². The quantitative estimate of drug-likeness (QED) is 0.734. The Labute approximate surface area is 123 Å². The van der Waals surface area contributed by atoms with Crippen LogP contribution in [0.4, 0.5) is 0 Å². The van der Waals surface area contributed by atoms with Crippen LogP contribution in [0, 0.1) is 5.41 Å². The van der Waals surface area contributed by atoms with Crippen molar-refractivity contribution in [3.05, 3.63) is 29.8 Å². The highest BCUT2D eigenvalue weighted by atomic mass is 16.5. The first kappa shape index (κ1) is 17.0. The number of benzene rings is 1. The number of hydrogen-bond acceptors (Lipinski definition) is 3. The normalized spacial score (nSPS) is 13.2. The van der Waals surface area contributed by atoms with Crippen LogP contribution in [0.3, 0.4) is 0 Å². The average molecular weight is 279 g/mol. The molecule has 0 spiro atoms. The molecule has 0 aliphatic carbocycles. The molecule has 0 fully saturated rings. The molecule has 0 aliphatic rings. The van der Waals surface area contributed by atoms with Gasteiger partial charge in [-0.15, -0.1) is 0 Å². The molecule has 20 heavy (non-hydrogen) atoms. The van der Waals surface area contributed by atoms with Gasteiger partial charge in [0.15, 0.2) is 0 Å². The Hall–Kier alpha value is -1.06. The maximum absolute atomic E-state index is 5.85. The van der Waals surface area contributed by atoms with Crippen molar-refractivity contribution >= 4 is 0 Å². The summed E-state index contributed by atoms with van der Waals surface area (Å²) in [6.45, 7) is 11.1. The molecule has 3 heteroatoms. The standard InChI is InChI=1S/C17H29NO2/c1-6-18-15(13-17(2,3)4)14-9-7-8-10-16(14)20-12-11-19-5/h7-10,15,18H,6,11-13H2,1-5H3. The van der Waals surface area contributed by atoms with Crippen LogP contribution in [-0.2, 0) is 4.74 Å². The lowest BCUT2D eigenvalue weighted by Crippen LogP contribution is -2.26. The van der Waals surface area contributed by atoms with Crippen molar-refractivity contribution in [1.82, 2.24) is 5.32 Å². The summed E-state index contributed by atoms with van der Waals surface area (Å²) in [6.07, 6.45) is 1.07. The maximum atomic E-state index is 5.85. The van der Waals surface area contributed by atoms with E-state index in [1.165, 1.54) is 5.56 Å². The predicted octanol–water partition coefficient (Wildman–Crippen LogP) is 3.80. The molecule has 0 aliphatic heterocycles. The fourth-order valence-corrected chi connectivity index (χ4v) is 2.29. The van der Waals surface area contributed by atoms with Crippen molar-refractivity contribution in [2.24, 2.45) is 5.41 Å². The average Bonchev–Trinajstić information content (AvgIpc) is 2.38. The smallest absolute Gasteiger partial charge is 0.124 e. The van der Waals surface area contributed by atoms with Gasteiger partial charge in [0.2, 0.25) is 0 Å². The van der Waals surface area contributed by atoms with Crippen LogP contribution < -0.4 is 10.1 Å². The third-order valence-electron chi connectivity index (χ3n) is 3.11. The highest BCUT2D eigenvalue weighted by Gasteiger charge is 2.22. The van der Waals surface area contributed by atoms with E-state index < -0.39 is 0 Å². The summed E-state index contributed by atoms with van der Waals surface area (Å²) >= 11 is 0.